The van der Waals surface area contributed by atoms with Crippen LogP contribution in [0, 0.1) is 0 Å². The summed E-state index contributed by atoms with van der Waals surface area (Å²) in [5, 5.41) is 0. The highest BCUT2D eigenvalue weighted by Gasteiger charge is 2.29. The van der Waals surface area contributed by atoms with Crippen LogP contribution >= 0.6 is 0 Å². The standard InChI is InChI=1S/C12H25N3O3S/c1-3-6-11(13)12(16)15-8-5-4-7-10(15)9-14-19(2,17)18/h10-11,14H,3-9,13H2,1-2H3/t10?,11-/m0/s1. The molecule has 0 aromatic heterocycles. The summed E-state index contributed by atoms with van der Waals surface area (Å²) in [4.78, 5) is 14.0. The second-order valence-electron chi connectivity index (χ2n) is 5.20. The first-order valence-corrected chi connectivity index (χ1v) is 8.75. The Kier molecular flexibility index (Phi) is 6.22. The average molecular weight is 291 g/mol. The fourth-order valence-electron chi connectivity index (χ4n) is 2.40. The van der Waals surface area contributed by atoms with Gasteiger partial charge in [-0.25, -0.2) is 13.1 Å². The molecule has 7 heteroatoms. The lowest BCUT2D eigenvalue weighted by atomic mass is 10.0. The van der Waals surface area contributed by atoms with E-state index in [1.807, 2.05) is 6.92 Å². The van der Waals surface area contributed by atoms with Gasteiger partial charge in [0.05, 0.1) is 12.3 Å². The van der Waals surface area contributed by atoms with E-state index in [2.05, 4.69) is 4.72 Å². The number of amides is 1. The number of nitrogens with two attached hydrogens (primary N) is 1. The van der Waals surface area contributed by atoms with Gasteiger partial charge in [-0.1, -0.05) is 13.3 Å². The molecule has 1 unspecified atom stereocenters. The molecule has 112 valence electrons. The molecule has 1 aliphatic heterocycles. The molecule has 0 aliphatic carbocycles. The maximum absolute atomic E-state index is 12.2. The summed E-state index contributed by atoms with van der Waals surface area (Å²) >= 11 is 0. The summed E-state index contributed by atoms with van der Waals surface area (Å²) in [6.07, 6.45) is 5.47. The summed E-state index contributed by atoms with van der Waals surface area (Å²) in [5.74, 6) is -0.0538. The summed E-state index contributed by atoms with van der Waals surface area (Å²) in [6, 6.07) is -0.539. The third-order valence-electron chi connectivity index (χ3n) is 3.41. The fourth-order valence-corrected chi connectivity index (χ4v) is 2.89. The molecule has 19 heavy (non-hydrogen) atoms. The molecule has 0 spiro atoms. The van der Waals surface area contributed by atoms with Gasteiger partial charge in [0.25, 0.3) is 0 Å². The van der Waals surface area contributed by atoms with Crippen molar-refractivity contribution in [2.24, 2.45) is 5.73 Å². The second-order valence-corrected chi connectivity index (χ2v) is 7.03. The van der Waals surface area contributed by atoms with Crippen LogP contribution in [0.25, 0.3) is 0 Å². The van der Waals surface area contributed by atoms with Crippen molar-refractivity contribution < 1.29 is 13.2 Å². The minimum atomic E-state index is -3.22. The highest BCUT2D eigenvalue weighted by Crippen LogP contribution is 2.18. The molecule has 0 radical (unpaired) electrons. The first kappa shape index (κ1) is 16.4. The van der Waals surface area contributed by atoms with Crippen LogP contribution in [-0.2, 0) is 14.8 Å². The van der Waals surface area contributed by atoms with Gasteiger partial charge in [-0.3, -0.25) is 4.79 Å². The molecular weight excluding hydrogens is 266 g/mol. The lowest BCUT2D eigenvalue weighted by molar-refractivity contribution is -0.136. The van der Waals surface area contributed by atoms with Gasteiger partial charge < -0.3 is 10.6 Å². The lowest BCUT2D eigenvalue weighted by Gasteiger charge is -2.37. The minimum absolute atomic E-state index is 0.0538. The van der Waals surface area contributed by atoms with Crippen molar-refractivity contribution in [3.05, 3.63) is 0 Å². The molecule has 1 saturated heterocycles. The first-order valence-electron chi connectivity index (χ1n) is 6.86. The quantitative estimate of drug-likeness (QED) is 0.723. The maximum atomic E-state index is 12.2. The van der Waals surface area contributed by atoms with Gasteiger partial charge in [-0.2, -0.15) is 0 Å². The van der Waals surface area contributed by atoms with E-state index in [1.165, 1.54) is 0 Å². The van der Waals surface area contributed by atoms with Crippen molar-refractivity contribution >= 4 is 15.9 Å². The largest absolute Gasteiger partial charge is 0.337 e. The Morgan fingerprint density at radius 3 is 2.74 bits per heavy atom. The van der Waals surface area contributed by atoms with Crippen molar-refractivity contribution in [1.29, 1.82) is 0 Å². The molecule has 6 nitrogen and oxygen atoms in total. The van der Waals surface area contributed by atoms with Crippen molar-refractivity contribution in [2.45, 2.75) is 51.1 Å². The predicted octanol–water partition coefficient (Wildman–Crippen LogP) is 0.0441. The van der Waals surface area contributed by atoms with E-state index in [4.69, 9.17) is 5.73 Å². The monoisotopic (exact) mass is 291 g/mol. The van der Waals surface area contributed by atoms with Crippen LogP contribution in [0.15, 0.2) is 0 Å². The molecule has 1 fully saturated rings. The van der Waals surface area contributed by atoms with E-state index < -0.39 is 16.1 Å². The van der Waals surface area contributed by atoms with Crippen LogP contribution < -0.4 is 10.5 Å². The van der Waals surface area contributed by atoms with E-state index in [9.17, 15) is 13.2 Å². The fraction of sp³-hybridized carbons (Fsp3) is 0.917. The zero-order valence-electron chi connectivity index (χ0n) is 11.8. The molecule has 0 aromatic rings. The average Bonchev–Trinajstić information content (AvgIpc) is 2.35. The van der Waals surface area contributed by atoms with Gasteiger partial charge in [0, 0.05) is 19.1 Å². The normalized spacial score (nSPS) is 22.3. The Balaban J connectivity index is 2.64. The highest BCUT2D eigenvalue weighted by molar-refractivity contribution is 7.88. The number of sulfonamides is 1. The summed E-state index contributed by atoms with van der Waals surface area (Å²) in [5.41, 5.74) is 5.87. The Bertz CT molecular complexity index is 397. The van der Waals surface area contributed by atoms with Gasteiger partial charge >= 0.3 is 0 Å². The van der Waals surface area contributed by atoms with Gasteiger partial charge in [0.15, 0.2) is 0 Å². The summed E-state index contributed by atoms with van der Waals surface area (Å²) < 4.78 is 24.8. The predicted molar refractivity (Wildman–Crippen MR) is 75.1 cm³/mol. The van der Waals surface area contributed by atoms with E-state index in [0.717, 1.165) is 31.9 Å². The third-order valence-corrected chi connectivity index (χ3v) is 4.10. The molecule has 0 aromatic carbocycles. The molecule has 0 bridgehead atoms. The smallest absolute Gasteiger partial charge is 0.239 e. The number of nitrogens with zero attached hydrogens (tertiary/aromatic N) is 1. The van der Waals surface area contributed by atoms with Crippen LogP contribution in [0.2, 0.25) is 0 Å². The molecule has 1 heterocycles. The summed E-state index contributed by atoms with van der Waals surface area (Å²) in [6.45, 7) is 2.95. The van der Waals surface area contributed by atoms with Gasteiger partial charge in [-0.05, 0) is 25.7 Å². The SMILES string of the molecule is CCC[C@H](N)C(=O)N1CCCCC1CNS(C)(=O)=O. The Morgan fingerprint density at radius 2 is 2.16 bits per heavy atom. The zero-order chi connectivity index (χ0) is 14.5. The van der Waals surface area contributed by atoms with Gasteiger partial charge in [0.2, 0.25) is 15.9 Å². The number of piperidine rings is 1. The molecule has 1 amide bonds. The third kappa shape index (κ3) is 5.46. The van der Waals surface area contributed by atoms with Crippen LogP contribution in [-0.4, -0.2) is 50.7 Å². The maximum Gasteiger partial charge on any atom is 0.239 e. The molecular formula is C12H25N3O3S. The van der Waals surface area contributed by atoms with Crippen LogP contribution in [0.3, 0.4) is 0 Å². The highest BCUT2D eigenvalue weighted by atomic mass is 32.2. The van der Waals surface area contributed by atoms with Gasteiger partial charge in [0.1, 0.15) is 0 Å². The van der Waals surface area contributed by atoms with Crippen LogP contribution in [0.1, 0.15) is 39.0 Å². The minimum Gasteiger partial charge on any atom is -0.337 e. The number of hydrogen-bond donors (Lipinski definition) is 2. The topological polar surface area (TPSA) is 92.5 Å². The summed E-state index contributed by atoms with van der Waals surface area (Å²) in [7, 11) is -3.22. The van der Waals surface area contributed by atoms with Crippen molar-refractivity contribution in [1.82, 2.24) is 9.62 Å². The second kappa shape index (κ2) is 7.21. The van der Waals surface area contributed by atoms with Crippen molar-refractivity contribution in [3.8, 4) is 0 Å². The Hall–Kier alpha value is -0.660. The number of carbonyl (C=O) groups is 1. The first-order chi connectivity index (χ1) is 8.85. The number of carbonyl (C=O) groups excluding carboxylic acids is 1. The zero-order valence-corrected chi connectivity index (χ0v) is 12.6. The molecule has 1 aliphatic rings. The lowest BCUT2D eigenvalue weighted by Crippen LogP contribution is -2.54. The van der Waals surface area contributed by atoms with E-state index in [0.29, 0.717) is 13.0 Å². The number of nitrogens with one attached hydrogen (secondary N) is 1. The van der Waals surface area contributed by atoms with E-state index in [-0.39, 0.29) is 18.5 Å². The molecule has 2 atom stereocenters. The van der Waals surface area contributed by atoms with Crippen molar-refractivity contribution in [3.63, 3.8) is 0 Å². The number of rotatable bonds is 6. The number of likely N-dealkylation sites (tertiary alicyclic amines) is 1. The number of hydrogen-bond acceptors (Lipinski definition) is 4. The van der Waals surface area contributed by atoms with Crippen LogP contribution in [0.5, 0.6) is 0 Å². The van der Waals surface area contributed by atoms with Gasteiger partial charge in [-0.15, -0.1) is 0 Å². The van der Waals surface area contributed by atoms with Crippen molar-refractivity contribution in [2.75, 3.05) is 19.3 Å². The van der Waals surface area contributed by atoms with E-state index in [1.54, 1.807) is 4.90 Å². The van der Waals surface area contributed by atoms with Crippen LogP contribution in [0.4, 0.5) is 0 Å². The molecule has 3 N–H and O–H groups in total. The Labute approximate surface area is 115 Å². The van der Waals surface area contributed by atoms with E-state index >= 15 is 0 Å². The molecule has 1 rings (SSSR count). The Morgan fingerprint density at radius 1 is 1.47 bits per heavy atom. The molecule has 0 saturated carbocycles.